The molecule has 0 bridgehead atoms. The molecule has 0 atom stereocenters. The van der Waals surface area contributed by atoms with Gasteiger partial charge in [0.2, 0.25) is 0 Å². The van der Waals surface area contributed by atoms with Crippen LogP contribution in [0, 0.1) is 0 Å². The summed E-state index contributed by atoms with van der Waals surface area (Å²) in [6.07, 6.45) is 3.20. The summed E-state index contributed by atoms with van der Waals surface area (Å²) >= 11 is 4.91. The molecule has 0 aliphatic rings. The van der Waals surface area contributed by atoms with E-state index < -0.39 is 0 Å². The highest BCUT2D eigenvalue weighted by Crippen LogP contribution is 2.11. The SMILES string of the molecule is CN(Cc1ccoc1)C(=O)c1cccc(C(N)=S)c1. The molecule has 0 saturated heterocycles. The molecule has 0 spiro atoms. The first kappa shape index (κ1) is 13.3. The molecule has 98 valence electrons. The molecule has 0 saturated carbocycles. The predicted octanol–water partition coefficient (Wildman–Crippen LogP) is 2.19. The highest BCUT2D eigenvalue weighted by atomic mass is 32.1. The number of hydrogen-bond donors (Lipinski definition) is 1. The summed E-state index contributed by atoms with van der Waals surface area (Å²) in [6.45, 7) is 0.493. The van der Waals surface area contributed by atoms with Crippen LogP contribution in [-0.2, 0) is 6.54 Å². The Bertz CT molecular complexity index is 593. The van der Waals surface area contributed by atoms with Crippen LogP contribution in [0.2, 0.25) is 0 Å². The largest absolute Gasteiger partial charge is 0.472 e. The van der Waals surface area contributed by atoms with Gasteiger partial charge in [0, 0.05) is 30.3 Å². The molecule has 0 radical (unpaired) electrons. The molecule has 1 aromatic heterocycles. The van der Waals surface area contributed by atoms with Crippen LogP contribution in [0.3, 0.4) is 0 Å². The minimum absolute atomic E-state index is 0.0840. The average Bonchev–Trinajstić information content (AvgIpc) is 2.90. The molecule has 0 fully saturated rings. The van der Waals surface area contributed by atoms with Crippen molar-refractivity contribution in [3.8, 4) is 0 Å². The summed E-state index contributed by atoms with van der Waals surface area (Å²) < 4.78 is 4.98. The molecule has 0 unspecified atom stereocenters. The van der Waals surface area contributed by atoms with Gasteiger partial charge in [-0.05, 0) is 18.2 Å². The topological polar surface area (TPSA) is 59.5 Å². The van der Waals surface area contributed by atoms with Gasteiger partial charge in [0.1, 0.15) is 4.99 Å². The quantitative estimate of drug-likeness (QED) is 0.868. The summed E-state index contributed by atoms with van der Waals surface area (Å²) in [5.41, 5.74) is 7.77. The van der Waals surface area contributed by atoms with Crippen LogP contribution in [-0.4, -0.2) is 22.8 Å². The number of furan rings is 1. The monoisotopic (exact) mass is 274 g/mol. The predicted molar refractivity (Wildman–Crippen MR) is 76.8 cm³/mol. The van der Waals surface area contributed by atoms with Crippen LogP contribution in [0.15, 0.2) is 47.3 Å². The molecule has 1 aromatic carbocycles. The third-order valence-electron chi connectivity index (χ3n) is 2.74. The Balaban J connectivity index is 2.14. The van der Waals surface area contributed by atoms with Crippen molar-refractivity contribution < 1.29 is 9.21 Å². The Labute approximate surface area is 116 Å². The van der Waals surface area contributed by atoms with Gasteiger partial charge in [-0.2, -0.15) is 0 Å². The van der Waals surface area contributed by atoms with E-state index in [4.69, 9.17) is 22.4 Å². The van der Waals surface area contributed by atoms with Gasteiger partial charge in [-0.1, -0.05) is 24.4 Å². The number of hydrogen-bond acceptors (Lipinski definition) is 3. The minimum atomic E-state index is -0.0840. The number of benzene rings is 1. The maximum atomic E-state index is 12.3. The fourth-order valence-electron chi connectivity index (χ4n) is 1.75. The highest BCUT2D eigenvalue weighted by Gasteiger charge is 2.13. The van der Waals surface area contributed by atoms with Crippen molar-refractivity contribution in [1.82, 2.24) is 4.90 Å². The molecule has 19 heavy (non-hydrogen) atoms. The zero-order valence-corrected chi connectivity index (χ0v) is 11.3. The van der Waals surface area contributed by atoms with Crippen molar-refractivity contribution in [2.45, 2.75) is 6.54 Å². The van der Waals surface area contributed by atoms with E-state index in [1.54, 1.807) is 48.7 Å². The van der Waals surface area contributed by atoms with E-state index in [0.29, 0.717) is 17.7 Å². The standard InChI is InChI=1S/C14H14N2O2S/c1-16(8-10-5-6-18-9-10)14(17)12-4-2-3-11(7-12)13(15)19/h2-7,9H,8H2,1H3,(H2,15,19). The van der Waals surface area contributed by atoms with Gasteiger partial charge in [-0.15, -0.1) is 0 Å². The maximum absolute atomic E-state index is 12.3. The van der Waals surface area contributed by atoms with Crippen molar-refractivity contribution in [3.63, 3.8) is 0 Å². The Hall–Kier alpha value is -2.14. The first-order valence-corrected chi connectivity index (χ1v) is 6.15. The number of rotatable bonds is 4. The van der Waals surface area contributed by atoms with Crippen LogP contribution in [0.5, 0.6) is 0 Å². The summed E-state index contributed by atoms with van der Waals surface area (Å²) in [4.78, 5) is 14.2. The first-order valence-electron chi connectivity index (χ1n) is 5.74. The fourth-order valence-corrected chi connectivity index (χ4v) is 1.88. The highest BCUT2D eigenvalue weighted by molar-refractivity contribution is 7.80. The number of amides is 1. The first-order chi connectivity index (χ1) is 9.08. The lowest BCUT2D eigenvalue weighted by molar-refractivity contribution is 0.0785. The van der Waals surface area contributed by atoms with Crippen molar-refractivity contribution in [2.24, 2.45) is 5.73 Å². The van der Waals surface area contributed by atoms with Crippen LogP contribution < -0.4 is 5.73 Å². The van der Waals surface area contributed by atoms with E-state index in [-0.39, 0.29) is 10.9 Å². The summed E-state index contributed by atoms with van der Waals surface area (Å²) in [6, 6.07) is 8.84. The van der Waals surface area contributed by atoms with E-state index in [1.807, 2.05) is 6.07 Å². The molecule has 4 nitrogen and oxygen atoms in total. The van der Waals surface area contributed by atoms with E-state index in [2.05, 4.69) is 0 Å². The van der Waals surface area contributed by atoms with Crippen molar-refractivity contribution >= 4 is 23.1 Å². The van der Waals surface area contributed by atoms with Gasteiger partial charge in [-0.25, -0.2) is 0 Å². The van der Waals surface area contributed by atoms with E-state index >= 15 is 0 Å². The summed E-state index contributed by atoms with van der Waals surface area (Å²) in [5.74, 6) is -0.0840. The zero-order chi connectivity index (χ0) is 13.8. The smallest absolute Gasteiger partial charge is 0.253 e. The molecule has 0 aliphatic carbocycles. The van der Waals surface area contributed by atoms with E-state index in [0.717, 1.165) is 5.56 Å². The van der Waals surface area contributed by atoms with Crippen LogP contribution >= 0.6 is 12.2 Å². The van der Waals surface area contributed by atoms with Gasteiger partial charge < -0.3 is 15.1 Å². The van der Waals surface area contributed by atoms with Gasteiger partial charge in [0.25, 0.3) is 5.91 Å². The summed E-state index contributed by atoms with van der Waals surface area (Å²) in [5, 5.41) is 0. The molecular formula is C14H14N2O2S. The van der Waals surface area contributed by atoms with E-state index in [1.165, 1.54) is 0 Å². The molecule has 0 aliphatic heterocycles. The van der Waals surface area contributed by atoms with Crippen LogP contribution in [0.25, 0.3) is 0 Å². The van der Waals surface area contributed by atoms with Gasteiger partial charge in [-0.3, -0.25) is 4.79 Å². The Morgan fingerprint density at radius 1 is 1.37 bits per heavy atom. The number of nitrogens with two attached hydrogens (primary N) is 1. The fraction of sp³-hybridized carbons (Fsp3) is 0.143. The number of carbonyl (C=O) groups excluding carboxylic acids is 1. The summed E-state index contributed by atoms with van der Waals surface area (Å²) in [7, 11) is 1.74. The number of nitrogens with zero attached hydrogens (tertiary/aromatic N) is 1. The van der Waals surface area contributed by atoms with Gasteiger partial charge >= 0.3 is 0 Å². The minimum Gasteiger partial charge on any atom is -0.472 e. The number of carbonyl (C=O) groups is 1. The van der Waals surface area contributed by atoms with E-state index in [9.17, 15) is 4.79 Å². The lowest BCUT2D eigenvalue weighted by Gasteiger charge is -2.16. The van der Waals surface area contributed by atoms with Crippen LogP contribution in [0.4, 0.5) is 0 Å². The second-order valence-electron chi connectivity index (χ2n) is 4.24. The lowest BCUT2D eigenvalue weighted by Crippen LogP contribution is -2.26. The molecule has 1 heterocycles. The molecular weight excluding hydrogens is 260 g/mol. The average molecular weight is 274 g/mol. The second kappa shape index (κ2) is 5.67. The van der Waals surface area contributed by atoms with Crippen molar-refractivity contribution in [3.05, 3.63) is 59.5 Å². The van der Waals surface area contributed by atoms with Gasteiger partial charge in [0.05, 0.1) is 12.5 Å². The third kappa shape index (κ3) is 3.20. The van der Waals surface area contributed by atoms with Crippen molar-refractivity contribution in [2.75, 3.05) is 7.05 Å². The van der Waals surface area contributed by atoms with Crippen molar-refractivity contribution in [1.29, 1.82) is 0 Å². The number of thiocarbonyl (C=S) groups is 1. The maximum Gasteiger partial charge on any atom is 0.253 e. The lowest BCUT2D eigenvalue weighted by atomic mass is 10.1. The Morgan fingerprint density at radius 3 is 2.74 bits per heavy atom. The van der Waals surface area contributed by atoms with Gasteiger partial charge in [0.15, 0.2) is 0 Å². The third-order valence-corrected chi connectivity index (χ3v) is 2.98. The second-order valence-corrected chi connectivity index (χ2v) is 4.68. The molecule has 2 aromatic rings. The zero-order valence-electron chi connectivity index (χ0n) is 10.5. The Morgan fingerprint density at radius 2 is 2.11 bits per heavy atom. The van der Waals surface area contributed by atoms with Crippen LogP contribution in [0.1, 0.15) is 21.5 Å². The molecule has 5 heteroatoms. The molecule has 2 rings (SSSR count). The Kier molecular flexibility index (Phi) is 3.97. The molecule has 2 N–H and O–H groups in total. The molecule has 1 amide bonds. The normalized spacial score (nSPS) is 10.2.